The molecule has 1 aliphatic rings. The maximum atomic E-state index is 11.7. The minimum Gasteiger partial charge on any atom is -0.462 e. The molecule has 3 nitrogen and oxygen atoms in total. The van der Waals surface area contributed by atoms with E-state index in [1.807, 2.05) is 43.0 Å². The summed E-state index contributed by atoms with van der Waals surface area (Å²) in [7, 11) is 2.16. The summed E-state index contributed by atoms with van der Waals surface area (Å²) < 4.78 is 5.03. The minimum absolute atomic E-state index is 0.272. The van der Waals surface area contributed by atoms with Crippen LogP contribution in [0.1, 0.15) is 41.8 Å². The van der Waals surface area contributed by atoms with Gasteiger partial charge < -0.3 is 9.64 Å². The number of ether oxygens (including phenoxy) is 1. The van der Waals surface area contributed by atoms with Crippen LogP contribution in [0, 0.1) is 0 Å². The number of anilines is 1. The molecular weight excluding hydrogens is 342 g/mol. The van der Waals surface area contributed by atoms with E-state index < -0.39 is 0 Å². The summed E-state index contributed by atoms with van der Waals surface area (Å²) in [6, 6.07) is 14.3. The highest BCUT2D eigenvalue weighted by molar-refractivity contribution is 7.99. The second-order valence-corrected chi connectivity index (χ2v) is 7.61. The maximum absolute atomic E-state index is 11.7. The third-order valence-corrected chi connectivity index (χ3v) is 5.66. The highest BCUT2D eigenvalue weighted by atomic mass is 32.2. The van der Waals surface area contributed by atoms with Crippen LogP contribution in [0.2, 0.25) is 0 Å². The van der Waals surface area contributed by atoms with Crippen LogP contribution in [-0.2, 0) is 4.74 Å². The highest BCUT2D eigenvalue weighted by Gasteiger charge is 2.13. The van der Waals surface area contributed by atoms with Gasteiger partial charge in [0, 0.05) is 18.5 Å². The summed E-state index contributed by atoms with van der Waals surface area (Å²) >= 11 is 1.94. The number of fused-ring (bicyclic) bond motifs is 1. The van der Waals surface area contributed by atoms with Crippen molar-refractivity contribution in [3.8, 4) is 0 Å². The Morgan fingerprint density at radius 3 is 2.65 bits per heavy atom. The lowest BCUT2D eigenvalue weighted by molar-refractivity contribution is 0.0526. The summed E-state index contributed by atoms with van der Waals surface area (Å²) in [5, 5.41) is 0. The standard InChI is InChI=1S/C22H25NO2S/c1-4-25-22(24)18-8-6-17(7-9-18)14-16(2)19-10-11-20-21(15-19)26-13-5-12-23(20)3/h6-11,14-15H,4-5,12-13H2,1-3H3. The van der Waals surface area contributed by atoms with E-state index in [9.17, 15) is 4.79 Å². The lowest BCUT2D eigenvalue weighted by atomic mass is 10.0. The molecule has 0 aromatic heterocycles. The maximum Gasteiger partial charge on any atom is 0.338 e. The van der Waals surface area contributed by atoms with Gasteiger partial charge in [-0.3, -0.25) is 0 Å². The molecule has 0 aliphatic carbocycles. The lowest BCUT2D eigenvalue weighted by Crippen LogP contribution is -2.17. The summed E-state index contributed by atoms with van der Waals surface area (Å²) in [5.41, 5.74) is 5.44. The first-order valence-electron chi connectivity index (χ1n) is 9.02. The number of hydrogen-bond acceptors (Lipinski definition) is 4. The molecule has 1 heterocycles. The Labute approximate surface area is 160 Å². The van der Waals surface area contributed by atoms with Crippen molar-refractivity contribution in [1.82, 2.24) is 0 Å². The number of rotatable bonds is 4. The van der Waals surface area contributed by atoms with Crippen LogP contribution >= 0.6 is 11.8 Å². The summed E-state index contributed by atoms with van der Waals surface area (Å²) in [6.07, 6.45) is 3.37. The fourth-order valence-electron chi connectivity index (χ4n) is 3.06. The van der Waals surface area contributed by atoms with Crippen molar-refractivity contribution >= 4 is 35.1 Å². The van der Waals surface area contributed by atoms with Crippen molar-refractivity contribution in [2.75, 3.05) is 30.9 Å². The molecular formula is C22H25NO2S. The van der Waals surface area contributed by atoms with E-state index >= 15 is 0 Å². The van der Waals surface area contributed by atoms with Gasteiger partial charge in [0.05, 0.1) is 17.9 Å². The van der Waals surface area contributed by atoms with E-state index in [-0.39, 0.29) is 5.97 Å². The molecule has 0 spiro atoms. The van der Waals surface area contributed by atoms with Crippen molar-refractivity contribution in [2.45, 2.75) is 25.2 Å². The molecule has 0 N–H and O–H groups in total. The Balaban J connectivity index is 1.81. The number of thioether (sulfide) groups is 1. The van der Waals surface area contributed by atoms with Gasteiger partial charge in [-0.15, -0.1) is 11.8 Å². The number of carbonyl (C=O) groups is 1. The number of carbonyl (C=O) groups excluding carboxylic acids is 1. The van der Waals surface area contributed by atoms with Gasteiger partial charge in [-0.2, -0.15) is 0 Å². The number of allylic oxidation sites excluding steroid dienone is 1. The van der Waals surface area contributed by atoms with Crippen LogP contribution in [0.25, 0.3) is 11.6 Å². The van der Waals surface area contributed by atoms with E-state index in [1.165, 1.54) is 33.9 Å². The summed E-state index contributed by atoms with van der Waals surface area (Å²) in [4.78, 5) is 15.4. The van der Waals surface area contributed by atoms with Crippen LogP contribution in [-0.4, -0.2) is 31.9 Å². The molecule has 0 atom stereocenters. The lowest BCUT2D eigenvalue weighted by Gasteiger charge is -2.19. The van der Waals surface area contributed by atoms with Crippen molar-refractivity contribution in [3.63, 3.8) is 0 Å². The second kappa shape index (κ2) is 8.45. The molecule has 0 amide bonds. The molecule has 26 heavy (non-hydrogen) atoms. The zero-order valence-corrected chi connectivity index (χ0v) is 16.4. The van der Waals surface area contributed by atoms with Gasteiger partial charge >= 0.3 is 5.97 Å². The fourth-order valence-corrected chi connectivity index (χ4v) is 4.13. The first kappa shape index (κ1) is 18.6. The van der Waals surface area contributed by atoms with E-state index in [1.54, 1.807) is 0 Å². The Morgan fingerprint density at radius 1 is 1.19 bits per heavy atom. The molecule has 0 fully saturated rings. The van der Waals surface area contributed by atoms with Gasteiger partial charge in [-0.1, -0.05) is 24.3 Å². The zero-order chi connectivity index (χ0) is 18.5. The van der Waals surface area contributed by atoms with Gasteiger partial charge in [0.1, 0.15) is 0 Å². The molecule has 0 bridgehead atoms. The normalized spacial score (nSPS) is 14.6. The van der Waals surface area contributed by atoms with Crippen molar-refractivity contribution in [2.24, 2.45) is 0 Å². The quantitative estimate of drug-likeness (QED) is 0.538. The average molecular weight is 368 g/mol. The Kier molecular flexibility index (Phi) is 6.04. The Morgan fingerprint density at radius 2 is 1.92 bits per heavy atom. The number of nitrogens with zero attached hydrogens (tertiary/aromatic N) is 1. The predicted molar refractivity (Wildman–Crippen MR) is 111 cm³/mol. The van der Waals surface area contributed by atoms with Crippen molar-refractivity contribution in [1.29, 1.82) is 0 Å². The number of hydrogen-bond donors (Lipinski definition) is 0. The van der Waals surface area contributed by atoms with Gasteiger partial charge in [0.15, 0.2) is 0 Å². The minimum atomic E-state index is -0.272. The van der Waals surface area contributed by atoms with Crippen LogP contribution < -0.4 is 4.90 Å². The third-order valence-electron chi connectivity index (χ3n) is 4.53. The molecule has 0 radical (unpaired) electrons. The molecule has 1 aliphatic heterocycles. The predicted octanol–water partition coefficient (Wildman–Crippen LogP) is 5.36. The SMILES string of the molecule is CCOC(=O)c1ccc(C=C(C)c2ccc3c(c2)SCCCN3C)cc1. The van der Waals surface area contributed by atoms with E-state index in [2.05, 4.69) is 43.1 Å². The largest absolute Gasteiger partial charge is 0.462 e. The molecule has 0 saturated heterocycles. The van der Waals surface area contributed by atoms with E-state index in [0.717, 1.165) is 12.1 Å². The number of benzene rings is 2. The molecule has 3 rings (SSSR count). The first-order chi connectivity index (χ1) is 12.6. The van der Waals surface area contributed by atoms with Crippen molar-refractivity contribution < 1.29 is 9.53 Å². The molecule has 136 valence electrons. The molecule has 4 heteroatoms. The van der Waals surface area contributed by atoms with Crippen LogP contribution in [0.5, 0.6) is 0 Å². The van der Waals surface area contributed by atoms with Gasteiger partial charge in [-0.25, -0.2) is 4.79 Å². The monoisotopic (exact) mass is 367 g/mol. The zero-order valence-electron chi connectivity index (χ0n) is 15.6. The number of esters is 1. The Bertz CT molecular complexity index is 811. The van der Waals surface area contributed by atoms with Gasteiger partial charge in [0.25, 0.3) is 0 Å². The molecule has 2 aromatic carbocycles. The Hall–Kier alpha value is -2.20. The fraction of sp³-hybridized carbons (Fsp3) is 0.318. The van der Waals surface area contributed by atoms with Crippen LogP contribution in [0.15, 0.2) is 47.4 Å². The second-order valence-electron chi connectivity index (χ2n) is 6.48. The topological polar surface area (TPSA) is 29.5 Å². The van der Waals surface area contributed by atoms with Gasteiger partial charge in [-0.05, 0) is 67.0 Å². The van der Waals surface area contributed by atoms with E-state index in [4.69, 9.17) is 4.74 Å². The smallest absolute Gasteiger partial charge is 0.338 e. The average Bonchev–Trinajstić information content (AvgIpc) is 2.83. The van der Waals surface area contributed by atoms with Gasteiger partial charge in [0.2, 0.25) is 0 Å². The highest BCUT2D eigenvalue weighted by Crippen LogP contribution is 2.35. The van der Waals surface area contributed by atoms with Crippen LogP contribution in [0.3, 0.4) is 0 Å². The first-order valence-corrected chi connectivity index (χ1v) is 10.0. The molecule has 0 unspecified atom stereocenters. The molecule has 2 aromatic rings. The van der Waals surface area contributed by atoms with Crippen LogP contribution in [0.4, 0.5) is 5.69 Å². The molecule has 0 saturated carbocycles. The van der Waals surface area contributed by atoms with Crippen molar-refractivity contribution in [3.05, 3.63) is 59.2 Å². The van der Waals surface area contributed by atoms with E-state index in [0.29, 0.717) is 12.2 Å². The summed E-state index contributed by atoms with van der Waals surface area (Å²) in [5.74, 6) is 0.894. The summed E-state index contributed by atoms with van der Waals surface area (Å²) in [6.45, 7) is 5.45. The third kappa shape index (κ3) is 4.31.